The minimum atomic E-state index is -0.185. The van der Waals surface area contributed by atoms with E-state index < -0.39 is 0 Å². The zero-order valence-corrected chi connectivity index (χ0v) is 17.2. The third kappa shape index (κ3) is 4.31. The summed E-state index contributed by atoms with van der Waals surface area (Å²) in [5.41, 5.74) is 3.80. The molecule has 0 spiro atoms. The van der Waals surface area contributed by atoms with Crippen LogP contribution in [0.5, 0.6) is 5.75 Å². The third-order valence-electron chi connectivity index (χ3n) is 4.20. The number of hydrogen-bond donors (Lipinski definition) is 1. The van der Waals surface area contributed by atoms with Crippen molar-refractivity contribution in [3.05, 3.63) is 62.9 Å². The number of anilines is 1. The molecule has 1 amide bonds. The van der Waals surface area contributed by atoms with Crippen LogP contribution in [0.4, 0.5) is 5.69 Å². The molecule has 1 heterocycles. The Bertz CT molecular complexity index is 982. The lowest BCUT2D eigenvalue weighted by atomic mass is 10.1. The van der Waals surface area contributed by atoms with Crippen molar-refractivity contribution >= 4 is 34.5 Å². The molecular formula is C21H21ClN2O2S. The lowest BCUT2D eigenvalue weighted by Gasteiger charge is -2.10. The van der Waals surface area contributed by atoms with E-state index in [4.69, 9.17) is 16.3 Å². The summed E-state index contributed by atoms with van der Waals surface area (Å²) < 4.78 is 5.18. The molecule has 1 aromatic heterocycles. The Morgan fingerprint density at radius 2 is 2.00 bits per heavy atom. The number of ether oxygens (including phenoxy) is 1. The van der Waals surface area contributed by atoms with Gasteiger partial charge in [0.2, 0.25) is 0 Å². The van der Waals surface area contributed by atoms with E-state index in [0.29, 0.717) is 22.2 Å². The maximum atomic E-state index is 12.6. The Morgan fingerprint density at radius 1 is 1.22 bits per heavy atom. The molecule has 0 saturated heterocycles. The summed E-state index contributed by atoms with van der Waals surface area (Å²) in [4.78, 5) is 17.2. The zero-order valence-electron chi connectivity index (χ0n) is 15.7. The second kappa shape index (κ2) is 8.11. The molecule has 0 aliphatic carbocycles. The first kappa shape index (κ1) is 19.4. The van der Waals surface area contributed by atoms with Crippen LogP contribution in [0.15, 0.2) is 41.8 Å². The highest BCUT2D eigenvalue weighted by Gasteiger charge is 2.13. The van der Waals surface area contributed by atoms with Crippen LogP contribution in [-0.4, -0.2) is 18.0 Å². The number of halogens is 1. The fraction of sp³-hybridized carbons (Fsp3) is 0.238. The average molecular weight is 401 g/mol. The lowest BCUT2D eigenvalue weighted by molar-refractivity contribution is 0.102. The van der Waals surface area contributed by atoms with Gasteiger partial charge in [0, 0.05) is 28.1 Å². The van der Waals surface area contributed by atoms with Crippen LogP contribution in [0.2, 0.25) is 5.02 Å². The van der Waals surface area contributed by atoms with Gasteiger partial charge in [-0.05, 0) is 48.9 Å². The summed E-state index contributed by atoms with van der Waals surface area (Å²) in [7, 11) is 1.60. The van der Waals surface area contributed by atoms with Gasteiger partial charge in [-0.2, -0.15) is 0 Å². The number of nitrogens with zero attached hydrogens (tertiary/aromatic N) is 1. The predicted molar refractivity (Wildman–Crippen MR) is 112 cm³/mol. The summed E-state index contributed by atoms with van der Waals surface area (Å²) in [6, 6.07) is 10.8. The highest BCUT2D eigenvalue weighted by molar-refractivity contribution is 7.10. The molecule has 140 valence electrons. The maximum absolute atomic E-state index is 12.6. The second-order valence-corrected chi connectivity index (χ2v) is 7.85. The smallest absolute Gasteiger partial charge is 0.255 e. The molecule has 3 rings (SSSR count). The Morgan fingerprint density at radius 3 is 2.59 bits per heavy atom. The number of methoxy groups -OCH3 is 1. The molecule has 0 fully saturated rings. The highest BCUT2D eigenvalue weighted by atomic mass is 35.5. The first-order valence-corrected chi connectivity index (χ1v) is 9.86. The van der Waals surface area contributed by atoms with E-state index >= 15 is 0 Å². The third-order valence-corrected chi connectivity index (χ3v) is 5.65. The number of thiazole rings is 1. The largest absolute Gasteiger partial charge is 0.497 e. The normalized spacial score (nSPS) is 10.9. The van der Waals surface area contributed by atoms with Crippen molar-refractivity contribution in [2.75, 3.05) is 12.4 Å². The van der Waals surface area contributed by atoms with E-state index in [1.165, 1.54) is 0 Å². The van der Waals surface area contributed by atoms with E-state index in [9.17, 15) is 4.79 Å². The van der Waals surface area contributed by atoms with Gasteiger partial charge in [0.15, 0.2) is 0 Å². The Labute approximate surface area is 168 Å². The Balaban J connectivity index is 1.80. The van der Waals surface area contributed by atoms with Crippen LogP contribution in [0, 0.1) is 6.92 Å². The number of carbonyl (C=O) groups is 1. The molecule has 0 atom stereocenters. The first-order valence-electron chi connectivity index (χ1n) is 8.60. The molecule has 0 saturated carbocycles. The molecule has 0 unspecified atom stereocenters. The lowest BCUT2D eigenvalue weighted by Crippen LogP contribution is -2.13. The number of nitrogens with one attached hydrogen (secondary N) is 1. The SMILES string of the molecule is COc1ccc(C(=O)Nc2ccc(-c3csc(C(C)C)n3)c(Cl)c2)c(C)c1. The van der Waals surface area contributed by atoms with Gasteiger partial charge in [-0.25, -0.2) is 4.98 Å². The average Bonchev–Trinajstić information content (AvgIpc) is 3.11. The second-order valence-electron chi connectivity index (χ2n) is 6.56. The van der Waals surface area contributed by atoms with E-state index in [2.05, 4.69) is 24.1 Å². The van der Waals surface area contributed by atoms with Crippen molar-refractivity contribution in [3.63, 3.8) is 0 Å². The molecule has 6 heteroatoms. The number of benzene rings is 2. The molecule has 1 N–H and O–H groups in total. The van der Waals surface area contributed by atoms with E-state index in [1.807, 2.05) is 30.5 Å². The van der Waals surface area contributed by atoms with Crippen molar-refractivity contribution in [1.29, 1.82) is 0 Å². The number of aromatic nitrogens is 1. The van der Waals surface area contributed by atoms with Gasteiger partial charge in [0.25, 0.3) is 5.91 Å². The topological polar surface area (TPSA) is 51.2 Å². The number of rotatable bonds is 5. The van der Waals surface area contributed by atoms with Gasteiger partial charge in [-0.15, -0.1) is 11.3 Å². The number of amides is 1. The summed E-state index contributed by atoms with van der Waals surface area (Å²) >= 11 is 8.08. The Kier molecular flexibility index (Phi) is 5.82. The van der Waals surface area contributed by atoms with Gasteiger partial charge >= 0.3 is 0 Å². The van der Waals surface area contributed by atoms with Crippen LogP contribution in [0.25, 0.3) is 11.3 Å². The zero-order chi connectivity index (χ0) is 19.6. The van der Waals surface area contributed by atoms with Crippen molar-refractivity contribution in [1.82, 2.24) is 4.98 Å². The van der Waals surface area contributed by atoms with E-state index in [1.54, 1.807) is 36.6 Å². The quantitative estimate of drug-likeness (QED) is 0.558. The number of hydrogen-bond acceptors (Lipinski definition) is 4. The summed E-state index contributed by atoms with van der Waals surface area (Å²) in [5.74, 6) is 0.920. The van der Waals surface area contributed by atoms with Gasteiger partial charge in [0.1, 0.15) is 5.75 Å². The fourth-order valence-corrected chi connectivity index (χ4v) is 3.81. The van der Waals surface area contributed by atoms with Crippen LogP contribution >= 0.6 is 22.9 Å². The van der Waals surface area contributed by atoms with E-state index in [0.717, 1.165) is 27.6 Å². The molecule has 0 aliphatic heterocycles. The molecule has 0 bridgehead atoms. The fourth-order valence-electron chi connectivity index (χ4n) is 2.69. The molecule has 27 heavy (non-hydrogen) atoms. The van der Waals surface area contributed by atoms with Crippen LogP contribution in [0.3, 0.4) is 0 Å². The van der Waals surface area contributed by atoms with Crippen LogP contribution in [-0.2, 0) is 0 Å². The van der Waals surface area contributed by atoms with Gasteiger partial charge < -0.3 is 10.1 Å². The Hall–Kier alpha value is -2.37. The summed E-state index contributed by atoms with van der Waals surface area (Å²) in [5, 5.41) is 6.54. The number of carbonyl (C=O) groups excluding carboxylic acids is 1. The van der Waals surface area contributed by atoms with Crippen molar-refractivity contribution in [2.24, 2.45) is 0 Å². The highest BCUT2D eigenvalue weighted by Crippen LogP contribution is 2.33. The predicted octanol–water partition coefficient (Wildman–Crippen LogP) is 6.16. The monoisotopic (exact) mass is 400 g/mol. The summed E-state index contributed by atoms with van der Waals surface area (Å²) in [6.45, 7) is 6.11. The maximum Gasteiger partial charge on any atom is 0.255 e. The number of aryl methyl sites for hydroxylation is 1. The molecule has 0 aliphatic rings. The van der Waals surface area contributed by atoms with Crippen molar-refractivity contribution < 1.29 is 9.53 Å². The molecular weight excluding hydrogens is 380 g/mol. The van der Waals surface area contributed by atoms with Gasteiger partial charge in [-0.3, -0.25) is 4.79 Å². The van der Waals surface area contributed by atoms with Crippen molar-refractivity contribution in [2.45, 2.75) is 26.7 Å². The van der Waals surface area contributed by atoms with Crippen LogP contribution in [0.1, 0.15) is 40.7 Å². The minimum Gasteiger partial charge on any atom is -0.497 e. The van der Waals surface area contributed by atoms with Crippen LogP contribution < -0.4 is 10.1 Å². The van der Waals surface area contributed by atoms with Gasteiger partial charge in [-0.1, -0.05) is 25.4 Å². The minimum absolute atomic E-state index is 0.185. The summed E-state index contributed by atoms with van der Waals surface area (Å²) in [6.07, 6.45) is 0. The molecule has 4 nitrogen and oxygen atoms in total. The molecule has 0 radical (unpaired) electrons. The molecule has 2 aromatic carbocycles. The first-order chi connectivity index (χ1) is 12.9. The van der Waals surface area contributed by atoms with Gasteiger partial charge in [0.05, 0.1) is 22.8 Å². The standard InChI is InChI=1S/C21H21ClN2O2S/c1-12(2)21-24-19(11-27-21)17-7-5-14(10-18(17)22)23-20(25)16-8-6-15(26-4)9-13(16)3/h5-12H,1-4H3,(H,23,25). The van der Waals surface area contributed by atoms with E-state index in [-0.39, 0.29) is 5.91 Å². The van der Waals surface area contributed by atoms with Crippen molar-refractivity contribution in [3.8, 4) is 17.0 Å². The molecule has 3 aromatic rings.